The van der Waals surface area contributed by atoms with Crippen LogP contribution < -0.4 is 10.1 Å². The molecule has 1 aromatic heterocycles. The Labute approximate surface area is 245 Å². The lowest BCUT2D eigenvalue weighted by atomic mass is 9.88. The van der Waals surface area contributed by atoms with Gasteiger partial charge in [0.2, 0.25) is 11.8 Å². The molecule has 0 aliphatic carbocycles. The van der Waals surface area contributed by atoms with Crippen LogP contribution in [0.15, 0.2) is 42.6 Å². The van der Waals surface area contributed by atoms with E-state index in [1.54, 1.807) is 35.1 Å². The van der Waals surface area contributed by atoms with Crippen molar-refractivity contribution in [2.75, 3.05) is 46.4 Å². The number of hydrogen-bond acceptors (Lipinski definition) is 8. The van der Waals surface area contributed by atoms with Gasteiger partial charge >= 0.3 is 5.97 Å². The molecule has 12 nitrogen and oxygen atoms in total. The maximum Gasteiger partial charge on any atom is 0.305 e. The first-order valence-electron chi connectivity index (χ1n) is 13.9. The molecule has 1 saturated heterocycles. The van der Waals surface area contributed by atoms with E-state index in [9.17, 15) is 19.2 Å². The molecular formula is C30H38N4O8. The molecule has 1 fully saturated rings. The third-order valence-electron chi connectivity index (χ3n) is 7.35. The average molecular weight is 583 g/mol. The standard InChI is InChI=1S/C29H36N4O6.CH2O2/c1-20-23(9-5-12-30-20)29(37)33-18-24-21-7-3-8-22(17-21)39-16-15-32(26(34)10-4-11-27(35)38-2)14-6-13-31-28(36)25(24)19-33;2-1-3/h3,5,7-9,12,17,24-25H,4,6,10-11,13-16,18-19H2,1-2H3,(H,31,36);1H,(H,2,3)/t24-,25+;/m1./s1. The van der Waals surface area contributed by atoms with E-state index in [0.717, 1.165) is 5.56 Å². The summed E-state index contributed by atoms with van der Waals surface area (Å²) >= 11 is 0. The molecule has 2 N–H and O–H groups in total. The lowest BCUT2D eigenvalue weighted by Gasteiger charge is -2.24. The first-order valence-corrected chi connectivity index (χ1v) is 13.9. The van der Waals surface area contributed by atoms with Crippen LogP contribution in [-0.2, 0) is 23.9 Å². The zero-order valence-electron chi connectivity index (χ0n) is 24.0. The number of pyridine rings is 1. The van der Waals surface area contributed by atoms with Gasteiger partial charge in [-0.3, -0.25) is 29.0 Å². The molecule has 3 amide bonds. The van der Waals surface area contributed by atoms with E-state index >= 15 is 0 Å². The Kier molecular flexibility index (Phi) is 12.3. The minimum absolute atomic E-state index is 0.0645. The number of ether oxygens (including phenoxy) is 2. The van der Waals surface area contributed by atoms with Crippen LogP contribution in [0.5, 0.6) is 5.75 Å². The second-order valence-electron chi connectivity index (χ2n) is 10.0. The van der Waals surface area contributed by atoms with E-state index < -0.39 is 5.92 Å². The van der Waals surface area contributed by atoms with E-state index in [-0.39, 0.29) is 48.9 Å². The predicted octanol–water partition coefficient (Wildman–Crippen LogP) is 2.02. The first-order chi connectivity index (χ1) is 20.3. The average Bonchev–Trinajstić information content (AvgIpc) is 3.44. The summed E-state index contributed by atoms with van der Waals surface area (Å²) in [7, 11) is 1.33. The van der Waals surface area contributed by atoms with Crippen LogP contribution in [0.25, 0.3) is 0 Å². The number of carbonyl (C=O) groups is 5. The predicted molar refractivity (Wildman–Crippen MR) is 152 cm³/mol. The number of likely N-dealkylation sites (tertiary alicyclic amines) is 1. The van der Waals surface area contributed by atoms with Crippen molar-refractivity contribution < 1.29 is 38.6 Å². The van der Waals surface area contributed by atoms with Crippen molar-refractivity contribution in [2.45, 2.75) is 38.5 Å². The second-order valence-corrected chi connectivity index (χ2v) is 10.0. The van der Waals surface area contributed by atoms with Crippen LogP contribution in [0.1, 0.15) is 53.2 Å². The Hall–Kier alpha value is -4.48. The first kappa shape index (κ1) is 32.0. The molecule has 2 aromatic rings. The summed E-state index contributed by atoms with van der Waals surface area (Å²) in [4.78, 5) is 67.0. The molecule has 2 aliphatic rings. The van der Waals surface area contributed by atoms with Crippen molar-refractivity contribution in [3.63, 3.8) is 0 Å². The van der Waals surface area contributed by atoms with Gasteiger partial charge in [0, 0.05) is 56.8 Å². The number of aryl methyl sites for hydroxylation is 1. The van der Waals surface area contributed by atoms with Crippen LogP contribution in [0, 0.1) is 12.8 Å². The molecule has 226 valence electrons. The van der Waals surface area contributed by atoms with E-state index in [4.69, 9.17) is 14.6 Å². The van der Waals surface area contributed by atoms with Crippen molar-refractivity contribution in [3.05, 3.63) is 59.4 Å². The lowest BCUT2D eigenvalue weighted by Crippen LogP contribution is -2.39. The molecule has 2 aliphatic heterocycles. The summed E-state index contributed by atoms with van der Waals surface area (Å²) in [5.41, 5.74) is 2.13. The van der Waals surface area contributed by atoms with Crippen molar-refractivity contribution >= 4 is 30.2 Å². The van der Waals surface area contributed by atoms with Gasteiger partial charge in [0.25, 0.3) is 12.4 Å². The fraction of sp³-hybridized carbons (Fsp3) is 0.467. The number of nitrogens with one attached hydrogen (secondary N) is 1. The van der Waals surface area contributed by atoms with E-state index in [1.165, 1.54) is 7.11 Å². The Balaban J connectivity index is 0.00000155. The Morgan fingerprint density at radius 2 is 1.88 bits per heavy atom. The normalized spacial score (nSPS) is 18.7. The van der Waals surface area contributed by atoms with Crippen LogP contribution >= 0.6 is 0 Å². The number of methoxy groups -OCH3 is 1. The molecule has 42 heavy (non-hydrogen) atoms. The molecule has 3 heterocycles. The topological polar surface area (TPSA) is 155 Å². The molecule has 2 atom stereocenters. The highest BCUT2D eigenvalue weighted by atomic mass is 16.5. The lowest BCUT2D eigenvalue weighted by molar-refractivity contribution is -0.141. The molecule has 0 radical (unpaired) electrons. The van der Waals surface area contributed by atoms with Crippen LogP contribution in [-0.4, -0.2) is 96.5 Å². The molecule has 2 bridgehead atoms. The van der Waals surface area contributed by atoms with Crippen molar-refractivity contribution in [1.29, 1.82) is 0 Å². The number of aromatic nitrogens is 1. The summed E-state index contributed by atoms with van der Waals surface area (Å²) in [6.45, 7) is 3.86. The van der Waals surface area contributed by atoms with Gasteiger partial charge in [0.1, 0.15) is 12.4 Å². The third-order valence-corrected chi connectivity index (χ3v) is 7.35. The minimum atomic E-state index is -0.417. The van der Waals surface area contributed by atoms with E-state index in [2.05, 4.69) is 15.0 Å². The zero-order chi connectivity index (χ0) is 30.5. The quantitative estimate of drug-likeness (QED) is 0.398. The smallest absolute Gasteiger partial charge is 0.305 e. The number of rotatable bonds is 5. The largest absolute Gasteiger partial charge is 0.492 e. The third kappa shape index (κ3) is 8.76. The zero-order valence-corrected chi connectivity index (χ0v) is 24.0. The number of carboxylic acid groups (broad SMARTS) is 1. The molecular weight excluding hydrogens is 544 g/mol. The highest BCUT2D eigenvalue weighted by Gasteiger charge is 2.41. The number of esters is 1. The molecule has 12 heteroatoms. The van der Waals surface area contributed by atoms with Crippen LogP contribution in [0.4, 0.5) is 0 Å². The highest BCUT2D eigenvalue weighted by Crippen LogP contribution is 2.35. The molecule has 0 saturated carbocycles. The summed E-state index contributed by atoms with van der Waals surface area (Å²) in [5, 5.41) is 9.92. The molecule has 1 aromatic carbocycles. The summed E-state index contributed by atoms with van der Waals surface area (Å²) < 4.78 is 10.7. The number of carbonyl (C=O) groups excluding carboxylic acids is 4. The van der Waals surface area contributed by atoms with Crippen LogP contribution in [0.2, 0.25) is 0 Å². The van der Waals surface area contributed by atoms with Crippen molar-refractivity contribution in [1.82, 2.24) is 20.1 Å². The van der Waals surface area contributed by atoms with Gasteiger partial charge in [-0.1, -0.05) is 12.1 Å². The van der Waals surface area contributed by atoms with E-state index in [0.29, 0.717) is 69.2 Å². The molecule has 0 unspecified atom stereocenters. The van der Waals surface area contributed by atoms with E-state index in [1.807, 2.05) is 24.3 Å². The van der Waals surface area contributed by atoms with Gasteiger partial charge in [-0.05, 0) is 49.6 Å². The summed E-state index contributed by atoms with van der Waals surface area (Å²) in [5.74, 6) is -0.591. The fourth-order valence-electron chi connectivity index (χ4n) is 5.18. The molecule has 0 spiro atoms. The van der Waals surface area contributed by atoms with Crippen molar-refractivity contribution in [3.8, 4) is 5.75 Å². The van der Waals surface area contributed by atoms with Gasteiger partial charge in [-0.2, -0.15) is 0 Å². The maximum absolute atomic E-state index is 13.4. The number of benzene rings is 1. The summed E-state index contributed by atoms with van der Waals surface area (Å²) in [6.07, 6.45) is 3.08. The minimum Gasteiger partial charge on any atom is -0.492 e. The van der Waals surface area contributed by atoms with Gasteiger partial charge in [-0.25, -0.2) is 0 Å². The monoisotopic (exact) mass is 582 g/mol. The number of hydrogen-bond donors (Lipinski definition) is 2. The van der Waals surface area contributed by atoms with Gasteiger partial charge in [-0.15, -0.1) is 0 Å². The maximum atomic E-state index is 13.4. The second kappa shape index (κ2) is 16.1. The fourth-order valence-corrected chi connectivity index (χ4v) is 5.18. The van der Waals surface area contributed by atoms with Crippen molar-refractivity contribution in [2.24, 2.45) is 5.92 Å². The summed E-state index contributed by atoms with van der Waals surface area (Å²) in [6, 6.07) is 11.1. The number of nitrogens with zero attached hydrogens (tertiary/aromatic N) is 3. The van der Waals surface area contributed by atoms with Gasteiger partial charge in [0.15, 0.2) is 0 Å². The Morgan fingerprint density at radius 3 is 2.62 bits per heavy atom. The van der Waals surface area contributed by atoms with Gasteiger partial charge in [0.05, 0.1) is 25.1 Å². The SMILES string of the molecule is COC(=O)CCCC(=O)N1CCCNC(=O)[C@H]2CN(C(=O)c3cccnc3C)C[C@@H]2c2cccc(c2)OCC1.O=CO. The number of amides is 3. The highest BCUT2D eigenvalue weighted by molar-refractivity contribution is 5.96. The van der Waals surface area contributed by atoms with Crippen LogP contribution in [0.3, 0.4) is 0 Å². The Morgan fingerprint density at radius 1 is 1.12 bits per heavy atom. The number of fused-ring (bicyclic) bond motifs is 4. The Bertz CT molecular complexity index is 1250. The van der Waals surface area contributed by atoms with Gasteiger partial charge < -0.3 is 29.7 Å². The molecule has 4 rings (SSSR count).